The van der Waals surface area contributed by atoms with Crippen molar-refractivity contribution in [3.63, 3.8) is 0 Å². The van der Waals surface area contributed by atoms with E-state index in [1.807, 2.05) is 11.4 Å². The van der Waals surface area contributed by atoms with Gasteiger partial charge < -0.3 is 4.74 Å². The van der Waals surface area contributed by atoms with Crippen LogP contribution < -0.4 is 0 Å². The van der Waals surface area contributed by atoms with Crippen molar-refractivity contribution in [3.05, 3.63) is 16.3 Å². The van der Waals surface area contributed by atoms with Crippen molar-refractivity contribution in [1.82, 2.24) is 0 Å². The predicted octanol–water partition coefficient (Wildman–Crippen LogP) is 4.17. The minimum absolute atomic E-state index is 0.190. The molecule has 0 saturated heterocycles. The van der Waals surface area contributed by atoms with Crippen molar-refractivity contribution in [2.75, 3.05) is 12.4 Å². The fourth-order valence-electron chi connectivity index (χ4n) is 1.60. The summed E-state index contributed by atoms with van der Waals surface area (Å²) in [4.78, 5) is 25.0. The summed E-state index contributed by atoms with van der Waals surface area (Å²) in [6.45, 7) is 4.30. The Hall–Kier alpha value is -0.810. The van der Waals surface area contributed by atoms with Gasteiger partial charge in [-0.05, 0) is 24.8 Å². The Bertz CT molecular complexity index is 413. The van der Waals surface area contributed by atoms with E-state index in [2.05, 4.69) is 6.92 Å². The maximum absolute atomic E-state index is 12.1. The van der Waals surface area contributed by atoms with Gasteiger partial charge in [0.15, 0.2) is 5.78 Å². The molecule has 0 aliphatic carbocycles. The number of esters is 1. The summed E-state index contributed by atoms with van der Waals surface area (Å²) in [6, 6.07) is 1.90. The van der Waals surface area contributed by atoms with Gasteiger partial charge in [-0.2, -0.15) is 0 Å². The van der Waals surface area contributed by atoms with E-state index in [1.54, 1.807) is 6.92 Å². The molecular weight excluding hydrogens is 280 g/mol. The lowest BCUT2D eigenvalue weighted by molar-refractivity contribution is -0.139. The van der Waals surface area contributed by atoms with Gasteiger partial charge in [0.05, 0.1) is 17.2 Å². The van der Waals surface area contributed by atoms with Crippen LogP contribution in [0.5, 0.6) is 0 Å². The summed E-state index contributed by atoms with van der Waals surface area (Å²) in [5.41, 5.74) is 0. The number of carbonyl (C=O) groups is 2. The SMILES string of the molecule is CCCCCC(=O)c1sccc1SCC(=O)OCC. The number of Topliss-reactive ketones (excluding diaryl/α,β-unsaturated/α-hetero) is 1. The number of thiophene rings is 1. The van der Waals surface area contributed by atoms with Gasteiger partial charge >= 0.3 is 5.97 Å². The average molecular weight is 300 g/mol. The van der Waals surface area contributed by atoms with E-state index in [0.717, 1.165) is 29.0 Å². The molecule has 19 heavy (non-hydrogen) atoms. The molecule has 5 heteroatoms. The molecule has 1 aromatic rings. The third-order valence-electron chi connectivity index (χ3n) is 2.54. The van der Waals surface area contributed by atoms with E-state index in [0.29, 0.717) is 13.0 Å². The Labute approximate surface area is 122 Å². The zero-order chi connectivity index (χ0) is 14.1. The average Bonchev–Trinajstić information content (AvgIpc) is 2.85. The topological polar surface area (TPSA) is 43.4 Å². The molecule has 0 aliphatic rings. The molecule has 0 radical (unpaired) electrons. The van der Waals surface area contributed by atoms with Gasteiger partial charge in [0.1, 0.15) is 0 Å². The molecule has 0 unspecified atom stereocenters. The Morgan fingerprint density at radius 2 is 2.11 bits per heavy atom. The second-order valence-corrected chi connectivity index (χ2v) is 6.02. The highest BCUT2D eigenvalue weighted by Crippen LogP contribution is 2.29. The summed E-state index contributed by atoms with van der Waals surface area (Å²) in [5, 5.41) is 1.90. The molecular formula is C14H20O3S2. The smallest absolute Gasteiger partial charge is 0.316 e. The molecule has 0 aromatic carbocycles. The highest BCUT2D eigenvalue weighted by atomic mass is 32.2. The molecule has 1 rings (SSSR count). The molecule has 0 amide bonds. The Kier molecular flexibility index (Phi) is 7.82. The second kappa shape index (κ2) is 9.15. The summed E-state index contributed by atoms with van der Waals surface area (Å²) in [5.74, 6) is 0.220. The van der Waals surface area contributed by atoms with Gasteiger partial charge in [-0.15, -0.1) is 23.1 Å². The van der Waals surface area contributed by atoms with Crippen LogP contribution >= 0.6 is 23.1 Å². The first-order valence-electron chi connectivity index (χ1n) is 6.58. The summed E-state index contributed by atoms with van der Waals surface area (Å²) >= 11 is 2.84. The van der Waals surface area contributed by atoms with Crippen molar-refractivity contribution in [2.24, 2.45) is 0 Å². The van der Waals surface area contributed by atoms with Crippen LogP contribution in [0, 0.1) is 0 Å². The Morgan fingerprint density at radius 1 is 1.32 bits per heavy atom. The van der Waals surface area contributed by atoms with Gasteiger partial charge in [-0.25, -0.2) is 0 Å². The van der Waals surface area contributed by atoms with Gasteiger partial charge in [-0.3, -0.25) is 9.59 Å². The summed E-state index contributed by atoms with van der Waals surface area (Å²) in [6.07, 6.45) is 3.74. The number of ether oxygens (including phenoxy) is 1. The van der Waals surface area contributed by atoms with E-state index >= 15 is 0 Å². The van der Waals surface area contributed by atoms with E-state index in [1.165, 1.54) is 23.1 Å². The van der Waals surface area contributed by atoms with Gasteiger partial charge in [0, 0.05) is 11.3 Å². The standard InChI is InChI=1S/C14H20O3S2/c1-3-5-6-7-11(15)14-12(8-9-18-14)19-10-13(16)17-4-2/h8-9H,3-7,10H2,1-2H3. The van der Waals surface area contributed by atoms with Crippen LogP contribution in [-0.2, 0) is 9.53 Å². The third-order valence-corrected chi connectivity index (χ3v) is 4.66. The van der Waals surface area contributed by atoms with Crippen LogP contribution in [0.25, 0.3) is 0 Å². The number of hydrogen-bond acceptors (Lipinski definition) is 5. The maximum atomic E-state index is 12.1. The number of thioether (sulfide) groups is 1. The van der Waals surface area contributed by atoms with E-state index in [9.17, 15) is 9.59 Å². The van der Waals surface area contributed by atoms with Gasteiger partial charge in [-0.1, -0.05) is 19.8 Å². The molecule has 0 spiro atoms. The molecule has 0 aliphatic heterocycles. The number of unbranched alkanes of at least 4 members (excludes halogenated alkanes) is 2. The van der Waals surface area contributed by atoms with Crippen LogP contribution in [0.15, 0.2) is 16.3 Å². The van der Waals surface area contributed by atoms with E-state index in [4.69, 9.17) is 4.74 Å². The zero-order valence-electron chi connectivity index (χ0n) is 11.4. The first-order valence-corrected chi connectivity index (χ1v) is 8.44. The quantitative estimate of drug-likeness (QED) is 0.297. The van der Waals surface area contributed by atoms with E-state index < -0.39 is 0 Å². The van der Waals surface area contributed by atoms with Gasteiger partial charge in [0.2, 0.25) is 0 Å². The highest BCUT2D eigenvalue weighted by Gasteiger charge is 2.14. The first kappa shape index (κ1) is 16.2. The molecule has 0 N–H and O–H groups in total. The van der Waals surface area contributed by atoms with Crippen molar-refractivity contribution < 1.29 is 14.3 Å². The van der Waals surface area contributed by atoms with Crippen molar-refractivity contribution >= 4 is 34.9 Å². The Balaban J connectivity index is 2.49. The molecule has 0 saturated carbocycles. The molecule has 106 valence electrons. The number of rotatable bonds is 9. The molecule has 1 aromatic heterocycles. The van der Waals surface area contributed by atoms with Crippen LogP contribution in [0.3, 0.4) is 0 Å². The molecule has 3 nitrogen and oxygen atoms in total. The monoisotopic (exact) mass is 300 g/mol. The van der Waals surface area contributed by atoms with Crippen LogP contribution in [0.2, 0.25) is 0 Å². The van der Waals surface area contributed by atoms with Crippen molar-refractivity contribution in [1.29, 1.82) is 0 Å². The fourth-order valence-corrected chi connectivity index (χ4v) is 3.53. The fraction of sp³-hybridized carbons (Fsp3) is 0.571. The summed E-state index contributed by atoms with van der Waals surface area (Å²) < 4.78 is 4.88. The van der Waals surface area contributed by atoms with Crippen LogP contribution in [-0.4, -0.2) is 24.1 Å². The van der Waals surface area contributed by atoms with E-state index in [-0.39, 0.29) is 17.5 Å². The number of hydrogen-bond donors (Lipinski definition) is 0. The Morgan fingerprint density at radius 3 is 2.79 bits per heavy atom. The molecule has 1 heterocycles. The highest BCUT2D eigenvalue weighted by molar-refractivity contribution is 8.00. The normalized spacial score (nSPS) is 10.4. The lowest BCUT2D eigenvalue weighted by atomic mass is 10.1. The van der Waals surface area contributed by atoms with Crippen LogP contribution in [0.1, 0.15) is 49.2 Å². The molecule has 0 atom stereocenters. The predicted molar refractivity (Wildman–Crippen MR) is 80.1 cm³/mol. The van der Waals surface area contributed by atoms with Crippen LogP contribution in [0.4, 0.5) is 0 Å². The maximum Gasteiger partial charge on any atom is 0.316 e. The first-order chi connectivity index (χ1) is 9.19. The minimum Gasteiger partial charge on any atom is -0.465 e. The summed E-state index contributed by atoms with van der Waals surface area (Å²) in [7, 11) is 0. The zero-order valence-corrected chi connectivity index (χ0v) is 13.1. The number of carbonyl (C=O) groups excluding carboxylic acids is 2. The minimum atomic E-state index is -0.233. The number of ketones is 1. The van der Waals surface area contributed by atoms with Gasteiger partial charge in [0.25, 0.3) is 0 Å². The lowest BCUT2D eigenvalue weighted by Crippen LogP contribution is -2.07. The van der Waals surface area contributed by atoms with Crippen molar-refractivity contribution in [2.45, 2.75) is 44.4 Å². The molecule has 0 fully saturated rings. The third kappa shape index (κ3) is 5.78. The molecule has 0 bridgehead atoms. The largest absolute Gasteiger partial charge is 0.465 e. The lowest BCUT2D eigenvalue weighted by Gasteiger charge is -2.03. The van der Waals surface area contributed by atoms with Crippen molar-refractivity contribution in [3.8, 4) is 0 Å². The second-order valence-electron chi connectivity index (χ2n) is 4.09.